The molecule has 1 rings (SSSR count). The average Bonchev–Trinajstić information content (AvgIpc) is 2.20. The number of aromatic nitrogens is 1. The molecule has 0 unspecified atom stereocenters. The Morgan fingerprint density at radius 2 is 2.19 bits per heavy atom. The maximum absolute atomic E-state index is 11.2. The van der Waals surface area contributed by atoms with Crippen molar-refractivity contribution >= 4 is 17.4 Å². The summed E-state index contributed by atoms with van der Waals surface area (Å²) in [6.45, 7) is 6.96. The van der Waals surface area contributed by atoms with Crippen molar-refractivity contribution < 1.29 is 4.79 Å². The van der Waals surface area contributed by atoms with E-state index in [1.54, 1.807) is 6.07 Å². The molecule has 0 bridgehead atoms. The molecule has 5 heteroatoms. The third kappa shape index (κ3) is 2.42. The number of nitrogen functional groups attached to an aromatic ring is 1. The van der Waals surface area contributed by atoms with Gasteiger partial charge in [-0.15, -0.1) is 0 Å². The fraction of sp³-hybridized carbons (Fsp3) is 0.455. The minimum absolute atomic E-state index is 0.307. The second-order valence-electron chi connectivity index (χ2n) is 3.87. The van der Waals surface area contributed by atoms with Gasteiger partial charge in [0.05, 0.1) is 17.4 Å². The van der Waals surface area contributed by atoms with E-state index in [2.05, 4.69) is 23.7 Å². The Morgan fingerprint density at radius 3 is 2.62 bits per heavy atom. The van der Waals surface area contributed by atoms with E-state index >= 15 is 0 Å². The molecule has 0 saturated carbocycles. The molecule has 88 valence electrons. The Labute approximate surface area is 95.4 Å². The normalized spacial score (nSPS) is 10.5. The third-order valence-corrected chi connectivity index (χ3v) is 2.44. The van der Waals surface area contributed by atoms with E-state index in [1.165, 1.54) is 6.20 Å². The minimum Gasteiger partial charge on any atom is -0.397 e. The van der Waals surface area contributed by atoms with Crippen LogP contribution in [-0.4, -0.2) is 23.5 Å². The average molecular weight is 222 g/mol. The Bertz CT molecular complexity index is 390. The number of hydrogen-bond donors (Lipinski definition) is 2. The van der Waals surface area contributed by atoms with Gasteiger partial charge in [0, 0.05) is 12.6 Å². The maximum atomic E-state index is 11.2. The molecule has 0 radical (unpaired) electrons. The molecule has 16 heavy (non-hydrogen) atoms. The van der Waals surface area contributed by atoms with Crippen LogP contribution in [-0.2, 0) is 0 Å². The van der Waals surface area contributed by atoms with Crippen LogP contribution in [0.5, 0.6) is 0 Å². The Kier molecular flexibility index (Phi) is 3.71. The van der Waals surface area contributed by atoms with Crippen LogP contribution in [0.2, 0.25) is 0 Å². The summed E-state index contributed by atoms with van der Waals surface area (Å²) in [4.78, 5) is 17.4. The minimum atomic E-state index is -0.527. The SMILES string of the molecule is CCN(c1cc(C(N)=O)c(N)cn1)C(C)C. The highest BCUT2D eigenvalue weighted by Gasteiger charge is 2.13. The molecule has 0 aromatic carbocycles. The molecule has 1 aromatic heterocycles. The second-order valence-corrected chi connectivity index (χ2v) is 3.87. The monoisotopic (exact) mass is 222 g/mol. The summed E-state index contributed by atoms with van der Waals surface area (Å²) in [7, 11) is 0. The van der Waals surface area contributed by atoms with E-state index < -0.39 is 5.91 Å². The lowest BCUT2D eigenvalue weighted by Gasteiger charge is -2.26. The smallest absolute Gasteiger partial charge is 0.250 e. The first-order chi connectivity index (χ1) is 7.47. The third-order valence-electron chi connectivity index (χ3n) is 2.44. The Morgan fingerprint density at radius 1 is 1.56 bits per heavy atom. The standard InChI is InChI=1S/C11H18N4O/c1-4-15(7(2)3)10-5-8(11(13)16)9(12)6-14-10/h5-7H,4,12H2,1-3H3,(H2,13,16). The van der Waals surface area contributed by atoms with Gasteiger partial charge in [-0.05, 0) is 26.8 Å². The van der Waals surface area contributed by atoms with Crippen LogP contribution in [0.4, 0.5) is 11.5 Å². The molecule has 0 aliphatic heterocycles. The fourth-order valence-corrected chi connectivity index (χ4v) is 1.62. The molecule has 0 atom stereocenters. The molecule has 1 aromatic rings. The predicted octanol–water partition coefficient (Wildman–Crippen LogP) is 0.997. The quantitative estimate of drug-likeness (QED) is 0.795. The summed E-state index contributed by atoms with van der Waals surface area (Å²) in [5.41, 5.74) is 11.5. The zero-order valence-corrected chi connectivity index (χ0v) is 9.90. The van der Waals surface area contributed by atoms with Gasteiger partial charge in [-0.1, -0.05) is 0 Å². The zero-order valence-electron chi connectivity index (χ0n) is 9.90. The molecule has 4 N–H and O–H groups in total. The highest BCUT2D eigenvalue weighted by molar-refractivity contribution is 5.98. The highest BCUT2D eigenvalue weighted by Crippen LogP contribution is 2.19. The van der Waals surface area contributed by atoms with E-state index in [9.17, 15) is 4.79 Å². The largest absolute Gasteiger partial charge is 0.397 e. The maximum Gasteiger partial charge on any atom is 0.250 e. The van der Waals surface area contributed by atoms with Crippen molar-refractivity contribution in [1.29, 1.82) is 0 Å². The van der Waals surface area contributed by atoms with Crippen LogP contribution in [0.25, 0.3) is 0 Å². The number of amides is 1. The van der Waals surface area contributed by atoms with E-state index in [0.717, 1.165) is 12.4 Å². The van der Waals surface area contributed by atoms with Gasteiger partial charge >= 0.3 is 0 Å². The van der Waals surface area contributed by atoms with Crippen LogP contribution >= 0.6 is 0 Å². The summed E-state index contributed by atoms with van der Waals surface area (Å²) < 4.78 is 0. The molecule has 0 saturated heterocycles. The van der Waals surface area contributed by atoms with Gasteiger partial charge in [0.25, 0.3) is 5.91 Å². The number of carbonyl (C=O) groups excluding carboxylic acids is 1. The number of pyridine rings is 1. The van der Waals surface area contributed by atoms with Gasteiger partial charge in [0.1, 0.15) is 5.82 Å². The Hall–Kier alpha value is -1.78. The van der Waals surface area contributed by atoms with Gasteiger partial charge < -0.3 is 16.4 Å². The van der Waals surface area contributed by atoms with Gasteiger partial charge in [0.15, 0.2) is 0 Å². The van der Waals surface area contributed by atoms with E-state index in [4.69, 9.17) is 11.5 Å². The summed E-state index contributed by atoms with van der Waals surface area (Å²) in [6.07, 6.45) is 1.47. The van der Waals surface area contributed by atoms with Crippen molar-refractivity contribution in [1.82, 2.24) is 4.98 Å². The van der Waals surface area contributed by atoms with Crippen LogP contribution in [0.1, 0.15) is 31.1 Å². The molecular formula is C11H18N4O. The first-order valence-corrected chi connectivity index (χ1v) is 5.29. The van der Waals surface area contributed by atoms with Crippen molar-refractivity contribution in [2.45, 2.75) is 26.8 Å². The van der Waals surface area contributed by atoms with Gasteiger partial charge in [-0.2, -0.15) is 0 Å². The molecule has 0 spiro atoms. The molecular weight excluding hydrogens is 204 g/mol. The lowest BCUT2D eigenvalue weighted by Crippen LogP contribution is -2.31. The summed E-state index contributed by atoms with van der Waals surface area (Å²) >= 11 is 0. The van der Waals surface area contributed by atoms with Crippen LogP contribution in [0, 0.1) is 0 Å². The summed E-state index contributed by atoms with van der Waals surface area (Å²) in [5, 5.41) is 0. The first-order valence-electron chi connectivity index (χ1n) is 5.29. The number of carbonyl (C=O) groups is 1. The first kappa shape index (κ1) is 12.3. The fourth-order valence-electron chi connectivity index (χ4n) is 1.62. The van der Waals surface area contributed by atoms with Gasteiger partial charge in [-0.25, -0.2) is 4.98 Å². The molecule has 0 fully saturated rings. The predicted molar refractivity (Wildman–Crippen MR) is 65.3 cm³/mol. The molecule has 5 nitrogen and oxygen atoms in total. The van der Waals surface area contributed by atoms with Crippen molar-refractivity contribution in [3.05, 3.63) is 17.8 Å². The van der Waals surface area contributed by atoms with Crippen LogP contribution < -0.4 is 16.4 Å². The summed E-state index contributed by atoms with van der Waals surface area (Å²) in [5.74, 6) is 0.196. The highest BCUT2D eigenvalue weighted by atomic mass is 16.1. The van der Waals surface area contributed by atoms with Crippen molar-refractivity contribution in [3.63, 3.8) is 0 Å². The number of anilines is 2. The van der Waals surface area contributed by atoms with Crippen molar-refractivity contribution in [2.75, 3.05) is 17.2 Å². The van der Waals surface area contributed by atoms with E-state index in [-0.39, 0.29) is 0 Å². The van der Waals surface area contributed by atoms with Gasteiger partial charge in [0.2, 0.25) is 0 Å². The number of hydrogen-bond acceptors (Lipinski definition) is 4. The number of nitrogens with two attached hydrogens (primary N) is 2. The zero-order chi connectivity index (χ0) is 12.3. The van der Waals surface area contributed by atoms with Crippen LogP contribution in [0.3, 0.4) is 0 Å². The van der Waals surface area contributed by atoms with Crippen LogP contribution in [0.15, 0.2) is 12.3 Å². The lowest BCUT2D eigenvalue weighted by molar-refractivity contribution is 0.100. The van der Waals surface area contributed by atoms with Crippen molar-refractivity contribution in [3.8, 4) is 0 Å². The molecule has 0 aliphatic carbocycles. The van der Waals surface area contributed by atoms with Gasteiger partial charge in [-0.3, -0.25) is 4.79 Å². The van der Waals surface area contributed by atoms with Crippen molar-refractivity contribution in [2.24, 2.45) is 5.73 Å². The molecule has 0 aliphatic rings. The number of rotatable bonds is 4. The topological polar surface area (TPSA) is 85.2 Å². The summed E-state index contributed by atoms with van der Waals surface area (Å²) in [6, 6.07) is 1.95. The van der Waals surface area contributed by atoms with E-state index in [1.807, 2.05) is 6.92 Å². The Balaban J connectivity index is 3.15. The lowest BCUT2D eigenvalue weighted by atomic mass is 10.2. The second kappa shape index (κ2) is 4.83. The molecule has 1 heterocycles. The number of nitrogens with zero attached hydrogens (tertiary/aromatic N) is 2. The van der Waals surface area contributed by atoms with E-state index in [0.29, 0.717) is 17.3 Å². The number of primary amides is 1. The molecule has 1 amide bonds.